The SMILES string of the molecule is C#CCOC[C@@H](O)CN(Cc1ccc(F)cc1)Cc1ccccc1F. The van der Waals surface area contributed by atoms with Crippen LogP contribution in [0.1, 0.15) is 11.1 Å². The second-order valence-electron chi connectivity index (χ2n) is 5.76. The topological polar surface area (TPSA) is 32.7 Å². The van der Waals surface area contributed by atoms with E-state index in [0.29, 0.717) is 18.7 Å². The highest BCUT2D eigenvalue weighted by Crippen LogP contribution is 2.14. The Morgan fingerprint density at radius 1 is 1.08 bits per heavy atom. The lowest BCUT2D eigenvalue weighted by molar-refractivity contribution is 0.0241. The summed E-state index contributed by atoms with van der Waals surface area (Å²) in [4.78, 5) is 1.88. The number of nitrogens with zero attached hydrogens (tertiary/aromatic N) is 1. The quantitative estimate of drug-likeness (QED) is 0.560. The molecule has 1 N–H and O–H groups in total. The monoisotopic (exact) mass is 345 g/mol. The lowest BCUT2D eigenvalue weighted by Crippen LogP contribution is -2.34. The number of benzene rings is 2. The first kappa shape index (κ1) is 19.1. The van der Waals surface area contributed by atoms with Crippen molar-refractivity contribution in [3.8, 4) is 12.3 Å². The summed E-state index contributed by atoms with van der Waals surface area (Å²) in [6.45, 7) is 1.26. The molecule has 0 bridgehead atoms. The Balaban J connectivity index is 2.06. The third-order valence-electron chi connectivity index (χ3n) is 3.64. The van der Waals surface area contributed by atoms with E-state index in [1.807, 2.05) is 4.90 Å². The zero-order chi connectivity index (χ0) is 18.1. The summed E-state index contributed by atoms with van der Waals surface area (Å²) in [5, 5.41) is 10.1. The van der Waals surface area contributed by atoms with Crippen molar-refractivity contribution in [1.29, 1.82) is 0 Å². The first-order valence-corrected chi connectivity index (χ1v) is 7.98. The number of hydrogen-bond acceptors (Lipinski definition) is 3. The van der Waals surface area contributed by atoms with E-state index in [-0.39, 0.29) is 31.4 Å². The number of rotatable bonds is 9. The molecule has 0 aliphatic rings. The fourth-order valence-electron chi connectivity index (χ4n) is 2.51. The summed E-state index contributed by atoms with van der Waals surface area (Å²) < 4.78 is 32.2. The van der Waals surface area contributed by atoms with Gasteiger partial charge in [0.2, 0.25) is 0 Å². The van der Waals surface area contributed by atoms with E-state index in [0.717, 1.165) is 5.56 Å². The Bertz CT molecular complexity index is 698. The smallest absolute Gasteiger partial charge is 0.127 e. The molecule has 1 atom stereocenters. The standard InChI is InChI=1S/C20H21F2NO2/c1-2-11-25-15-19(24)14-23(12-16-7-9-18(21)10-8-16)13-17-5-3-4-6-20(17)22/h1,3-10,19,24H,11-15H2/t19-/m0/s1. The van der Waals surface area contributed by atoms with Crippen LogP contribution in [0.4, 0.5) is 8.78 Å². The van der Waals surface area contributed by atoms with E-state index in [9.17, 15) is 13.9 Å². The number of aliphatic hydroxyl groups excluding tert-OH is 1. The highest BCUT2D eigenvalue weighted by atomic mass is 19.1. The largest absolute Gasteiger partial charge is 0.389 e. The molecular weight excluding hydrogens is 324 g/mol. The van der Waals surface area contributed by atoms with Gasteiger partial charge in [-0.3, -0.25) is 4.90 Å². The van der Waals surface area contributed by atoms with Gasteiger partial charge in [0.25, 0.3) is 0 Å². The molecule has 5 heteroatoms. The molecule has 0 radical (unpaired) electrons. The molecule has 0 saturated heterocycles. The number of terminal acetylenes is 1. The van der Waals surface area contributed by atoms with E-state index < -0.39 is 6.10 Å². The summed E-state index contributed by atoms with van der Waals surface area (Å²) in [6, 6.07) is 12.6. The minimum Gasteiger partial charge on any atom is -0.389 e. The highest BCUT2D eigenvalue weighted by Gasteiger charge is 2.15. The Kier molecular flexibility index (Phi) is 7.55. The number of aliphatic hydroxyl groups is 1. The summed E-state index contributed by atoms with van der Waals surface area (Å²) in [7, 11) is 0. The third-order valence-corrected chi connectivity index (χ3v) is 3.64. The Morgan fingerprint density at radius 3 is 2.48 bits per heavy atom. The van der Waals surface area contributed by atoms with E-state index in [1.165, 1.54) is 18.2 Å². The van der Waals surface area contributed by atoms with Gasteiger partial charge in [-0.15, -0.1) is 6.42 Å². The van der Waals surface area contributed by atoms with Gasteiger partial charge in [-0.1, -0.05) is 36.3 Å². The highest BCUT2D eigenvalue weighted by molar-refractivity contribution is 5.19. The molecule has 0 fully saturated rings. The maximum Gasteiger partial charge on any atom is 0.127 e. The Labute approximate surface area is 146 Å². The van der Waals surface area contributed by atoms with Gasteiger partial charge in [0.05, 0.1) is 12.7 Å². The molecule has 0 spiro atoms. The van der Waals surface area contributed by atoms with Crippen molar-refractivity contribution in [2.75, 3.05) is 19.8 Å². The predicted octanol–water partition coefficient (Wildman–Crippen LogP) is 2.98. The molecule has 2 rings (SSSR count). The minimum absolute atomic E-state index is 0.0986. The van der Waals surface area contributed by atoms with Crippen molar-refractivity contribution < 1.29 is 18.6 Å². The van der Waals surface area contributed by atoms with Crippen LogP contribution in [-0.4, -0.2) is 35.9 Å². The molecule has 0 saturated carbocycles. The van der Waals surface area contributed by atoms with Crippen LogP contribution >= 0.6 is 0 Å². The summed E-state index contributed by atoms with van der Waals surface area (Å²) in [5.41, 5.74) is 1.40. The molecule has 132 valence electrons. The number of halogens is 2. The predicted molar refractivity (Wildman–Crippen MR) is 92.6 cm³/mol. The summed E-state index contributed by atoms with van der Waals surface area (Å²) in [6.07, 6.45) is 4.35. The van der Waals surface area contributed by atoms with Crippen LogP contribution in [0, 0.1) is 24.0 Å². The van der Waals surface area contributed by atoms with Gasteiger partial charge in [0.1, 0.15) is 18.2 Å². The first-order chi connectivity index (χ1) is 12.1. The summed E-state index contributed by atoms with van der Waals surface area (Å²) >= 11 is 0. The van der Waals surface area contributed by atoms with Crippen molar-refractivity contribution >= 4 is 0 Å². The number of hydrogen-bond donors (Lipinski definition) is 1. The maximum atomic E-state index is 13.9. The van der Waals surface area contributed by atoms with E-state index in [4.69, 9.17) is 11.2 Å². The van der Waals surface area contributed by atoms with Crippen molar-refractivity contribution in [2.45, 2.75) is 19.2 Å². The van der Waals surface area contributed by atoms with Crippen LogP contribution < -0.4 is 0 Å². The van der Waals surface area contributed by atoms with Crippen LogP contribution in [0.3, 0.4) is 0 Å². The lowest BCUT2D eigenvalue weighted by atomic mass is 10.1. The van der Waals surface area contributed by atoms with E-state index in [2.05, 4.69) is 5.92 Å². The second-order valence-corrected chi connectivity index (χ2v) is 5.76. The van der Waals surface area contributed by atoms with Crippen LogP contribution in [0.2, 0.25) is 0 Å². The third kappa shape index (κ3) is 6.63. The van der Waals surface area contributed by atoms with Crippen LogP contribution in [-0.2, 0) is 17.8 Å². The maximum absolute atomic E-state index is 13.9. The van der Waals surface area contributed by atoms with Gasteiger partial charge in [0.15, 0.2) is 0 Å². The normalized spacial score (nSPS) is 12.1. The zero-order valence-electron chi connectivity index (χ0n) is 13.9. The van der Waals surface area contributed by atoms with Gasteiger partial charge in [0, 0.05) is 25.2 Å². The lowest BCUT2D eigenvalue weighted by Gasteiger charge is -2.25. The van der Waals surface area contributed by atoms with Crippen molar-refractivity contribution in [3.05, 3.63) is 71.3 Å². The fraction of sp³-hybridized carbons (Fsp3) is 0.300. The molecule has 2 aromatic carbocycles. The molecule has 0 aliphatic carbocycles. The molecule has 2 aromatic rings. The molecule has 0 heterocycles. The van der Waals surface area contributed by atoms with Crippen molar-refractivity contribution in [1.82, 2.24) is 4.90 Å². The average molecular weight is 345 g/mol. The van der Waals surface area contributed by atoms with Gasteiger partial charge in [-0.25, -0.2) is 8.78 Å². The van der Waals surface area contributed by atoms with Crippen molar-refractivity contribution in [3.63, 3.8) is 0 Å². The Hall–Kier alpha value is -2.26. The van der Waals surface area contributed by atoms with Crippen LogP contribution in [0.15, 0.2) is 48.5 Å². The fourth-order valence-corrected chi connectivity index (χ4v) is 2.51. The zero-order valence-corrected chi connectivity index (χ0v) is 13.9. The van der Waals surface area contributed by atoms with Crippen LogP contribution in [0.5, 0.6) is 0 Å². The molecule has 0 aromatic heterocycles. The van der Waals surface area contributed by atoms with Gasteiger partial charge >= 0.3 is 0 Å². The molecule has 0 amide bonds. The molecule has 0 unspecified atom stereocenters. The van der Waals surface area contributed by atoms with Crippen molar-refractivity contribution in [2.24, 2.45) is 0 Å². The van der Waals surface area contributed by atoms with Gasteiger partial charge in [-0.2, -0.15) is 0 Å². The van der Waals surface area contributed by atoms with E-state index >= 15 is 0 Å². The molecule has 0 aliphatic heterocycles. The number of ether oxygens (including phenoxy) is 1. The molecular formula is C20H21F2NO2. The summed E-state index contributed by atoms with van der Waals surface area (Å²) in [5.74, 6) is 1.72. The van der Waals surface area contributed by atoms with Gasteiger partial charge < -0.3 is 9.84 Å². The van der Waals surface area contributed by atoms with Crippen LogP contribution in [0.25, 0.3) is 0 Å². The Morgan fingerprint density at radius 2 is 1.80 bits per heavy atom. The first-order valence-electron chi connectivity index (χ1n) is 7.98. The van der Waals surface area contributed by atoms with Gasteiger partial charge in [-0.05, 0) is 23.8 Å². The average Bonchev–Trinajstić information content (AvgIpc) is 2.59. The molecule has 3 nitrogen and oxygen atoms in total. The minimum atomic E-state index is -0.763. The molecule has 25 heavy (non-hydrogen) atoms. The second kappa shape index (κ2) is 9.90. The van der Waals surface area contributed by atoms with E-state index in [1.54, 1.807) is 30.3 Å².